The number of rotatable bonds is 2. The van der Waals surface area contributed by atoms with Gasteiger partial charge < -0.3 is 10.8 Å². The average molecular weight is 164 g/mol. The maximum absolute atomic E-state index is 8.99. The van der Waals surface area contributed by atoms with Gasteiger partial charge in [-0.3, -0.25) is 4.99 Å². The first-order valence-electron chi connectivity index (χ1n) is 3.71. The first-order valence-corrected chi connectivity index (χ1v) is 3.71. The van der Waals surface area contributed by atoms with Crippen molar-refractivity contribution in [2.45, 2.75) is 6.42 Å². The molecule has 3 heteroatoms. The van der Waals surface area contributed by atoms with Crippen LogP contribution in [-0.4, -0.2) is 18.0 Å². The SMILES string of the molecule is C/N=C(\N)Cc1ccc(O)cc1. The second kappa shape index (κ2) is 3.76. The first-order chi connectivity index (χ1) is 5.72. The van der Waals surface area contributed by atoms with Crippen molar-refractivity contribution in [3.8, 4) is 5.75 Å². The fourth-order valence-corrected chi connectivity index (χ4v) is 0.902. The number of phenolic OH excluding ortho intramolecular Hbond substituents is 1. The summed E-state index contributed by atoms with van der Waals surface area (Å²) in [5.74, 6) is 0.867. The van der Waals surface area contributed by atoms with Crippen LogP contribution in [-0.2, 0) is 6.42 Å². The Morgan fingerprint density at radius 1 is 1.42 bits per heavy atom. The number of nitrogens with zero attached hydrogens (tertiary/aromatic N) is 1. The molecular weight excluding hydrogens is 152 g/mol. The number of hydrogen-bond donors (Lipinski definition) is 2. The summed E-state index contributed by atoms with van der Waals surface area (Å²) in [5, 5.41) is 8.99. The Balaban J connectivity index is 2.71. The van der Waals surface area contributed by atoms with E-state index >= 15 is 0 Å². The van der Waals surface area contributed by atoms with Gasteiger partial charge in [-0.05, 0) is 17.7 Å². The number of phenols is 1. The predicted molar refractivity (Wildman–Crippen MR) is 49.4 cm³/mol. The van der Waals surface area contributed by atoms with E-state index in [1.807, 2.05) is 12.1 Å². The molecule has 1 aromatic carbocycles. The van der Waals surface area contributed by atoms with Crippen LogP contribution in [0, 0.1) is 0 Å². The van der Waals surface area contributed by atoms with Gasteiger partial charge in [0.2, 0.25) is 0 Å². The minimum absolute atomic E-state index is 0.269. The number of benzene rings is 1. The Bertz CT molecular complexity index is 277. The number of amidine groups is 1. The van der Waals surface area contributed by atoms with E-state index in [9.17, 15) is 0 Å². The van der Waals surface area contributed by atoms with E-state index in [-0.39, 0.29) is 5.75 Å². The number of aromatic hydroxyl groups is 1. The molecule has 0 heterocycles. The largest absolute Gasteiger partial charge is 0.508 e. The standard InChI is InChI=1S/C9H12N2O/c1-11-9(10)6-7-2-4-8(12)5-3-7/h2-5,12H,6H2,1H3,(H2,10,11). The summed E-state index contributed by atoms with van der Waals surface area (Å²) >= 11 is 0. The normalized spacial score (nSPS) is 11.6. The van der Waals surface area contributed by atoms with Gasteiger partial charge in [-0.15, -0.1) is 0 Å². The van der Waals surface area contributed by atoms with Gasteiger partial charge >= 0.3 is 0 Å². The number of aliphatic imine (C=N–C) groups is 1. The van der Waals surface area contributed by atoms with Crippen LogP contribution < -0.4 is 5.73 Å². The fraction of sp³-hybridized carbons (Fsp3) is 0.222. The molecule has 3 nitrogen and oxygen atoms in total. The molecule has 64 valence electrons. The van der Waals surface area contributed by atoms with Gasteiger partial charge in [0.25, 0.3) is 0 Å². The number of hydrogen-bond acceptors (Lipinski definition) is 2. The van der Waals surface area contributed by atoms with Gasteiger partial charge in [0.15, 0.2) is 0 Å². The Morgan fingerprint density at radius 2 is 2.00 bits per heavy atom. The summed E-state index contributed by atoms with van der Waals surface area (Å²) in [5.41, 5.74) is 6.58. The molecule has 0 amide bonds. The fourth-order valence-electron chi connectivity index (χ4n) is 0.902. The van der Waals surface area contributed by atoms with Crippen LogP contribution in [0.15, 0.2) is 29.3 Å². The summed E-state index contributed by atoms with van der Waals surface area (Å²) in [6.07, 6.45) is 0.636. The van der Waals surface area contributed by atoms with Gasteiger partial charge in [0.1, 0.15) is 5.75 Å². The van der Waals surface area contributed by atoms with Crippen LogP contribution in [0.2, 0.25) is 0 Å². The highest BCUT2D eigenvalue weighted by Crippen LogP contribution is 2.09. The summed E-state index contributed by atoms with van der Waals surface area (Å²) in [6, 6.07) is 6.93. The molecule has 0 aliphatic rings. The van der Waals surface area contributed by atoms with Gasteiger partial charge in [-0.25, -0.2) is 0 Å². The molecule has 0 saturated carbocycles. The molecule has 1 aromatic rings. The van der Waals surface area contributed by atoms with Crippen LogP contribution in [0.5, 0.6) is 5.75 Å². The maximum Gasteiger partial charge on any atom is 0.115 e. The molecule has 0 unspecified atom stereocenters. The monoisotopic (exact) mass is 164 g/mol. The van der Waals surface area contributed by atoms with Crippen LogP contribution in [0.1, 0.15) is 5.56 Å². The zero-order valence-corrected chi connectivity index (χ0v) is 6.99. The smallest absolute Gasteiger partial charge is 0.115 e. The van der Waals surface area contributed by atoms with Crippen molar-refractivity contribution in [2.75, 3.05) is 7.05 Å². The van der Waals surface area contributed by atoms with Crippen LogP contribution in [0.4, 0.5) is 0 Å². The van der Waals surface area contributed by atoms with Crippen molar-refractivity contribution < 1.29 is 5.11 Å². The topological polar surface area (TPSA) is 58.6 Å². The molecule has 0 atom stereocenters. The minimum atomic E-state index is 0.269. The lowest BCUT2D eigenvalue weighted by Gasteiger charge is -1.99. The van der Waals surface area contributed by atoms with E-state index in [0.717, 1.165) is 5.56 Å². The average Bonchev–Trinajstić information content (AvgIpc) is 2.09. The third kappa shape index (κ3) is 2.27. The molecule has 12 heavy (non-hydrogen) atoms. The Labute approximate surface area is 71.6 Å². The quantitative estimate of drug-likeness (QED) is 0.504. The van der Waals surface area contributed by atoms with Gasteiger partial charge in [0.05, 0.1) is 5.84 Å². The Kier molecular flexibility index (Phi) is 2.69. The number of nitrogens with two attached hydrogens (primary N) is 1. The molecule has 0 fully saturated rings. The molecule has 0 spiro atoms. The molecule has 0 radical (unpaired) electrons. The van der Waals surface area contributed by atoms with Crippen LogP contribution in [0.25, 0.3) is 0 Å². The van der Waals surface area contributed by atoms with Crippen LogP contribution >= 0.6 is 0 Å². The zero-order chi connectivity index (χ0) is 8.97. The first kappa shape index (κ1) is 8.59. The van der Waals surface area contributed by atoms with E-state index in [0.29, 0.717) is 12.3 Å². The molecular formula is C9H12N2O. The molecule has 0 aliphatic carbocycles. The summed E-state index contributed by atoms with van der Waals surface area (Å²) in [7, 11) is 1.66. The van der Waals surface area contributed by atoms with E-state index < -0.39 is 0 Å². The van der Waals surface area contributed by atoms with E-state index in [1.54, 1.807) is 19.2 Å². The molecule has 0 aromatic heterocycles. The molecule has 3 N–H and O–H groups in total. The lowest BCUT2D eigenvalue weighted by atomic mass is 10.1. The second-order valence-corrected chi connectivity index (χ2v) is 2.56. The third-order valence-corrected chi connectivity index (χ3v) is 1.61. The third-order valence-electron chi connectivity index (χ3n) is 1.61. The van der Waals surface area contributed by atoms with E-state index in [2.05, 4.69) is 4.99 Å². The summed E-state index contributed by atoms with van der Waals surface area (Å²) in [4.78, 5) is 3.84. The summed E-state index contributed by atoms with van der Waals surface area (Å²) in [6.45, 7) is 0. The molecule has 1 rings (SSSR count). The zero-order valence-electron chi connectivity index (χ0n) is 6.99. The van der Waals surface area contributed by atoms with Gasteiger partial charge in [0, 0.05) is 13.5 Å². The van der Waals surface area contributed by atoms with Gasteiger partial charge in [-0.2, -0.15) is 0 Å². The highest BCUT2D eigenvalue weighted by Gasteiger charge is 1.95. The molecule has 0 saturated heterocycles. The van der Waals surface area contributed by atoms with Crippen molar-refractivity contribution in [3.63, 3.8) is 0 Å². The van der Waals surface area contributed by atoms with Crippen molar-refractivity contribution in [1.82, 2.24) is 0 Å². The van der Waals surface area contributed by atoms with Crippen molar-refractivity contribution in [1.29, 1.82) is 0 Å². The predicted octanol–water partition coefficient (Wildman–Crippen LogP) is 0.922. The van der Waals surface area contributed by atoms with Gasteiger partial charge in [-0.1, -0.05) is 12.1 Å². The van der Waals surface area contributed by atoms with Crippen LogP contribution in [0.3, 0.4) is 0 Å². The minimum Gasteiger partial charge on any atom is -0.508 e. The van der Waals surface area contributed by atoms with Crippen molar-refractivity contribution in [2.24, 2.45) is 10.7 Å². The van der Waals surface area contributed by atoms with Crippen molar-refractivity contribution in [3.05, 3.63) is 29.8 Å². The second-order valence-electron chi connectivity index (χ2n) is 2.56. The van der Waals surface area contributed by atoms with E-state index in [4.69, 9.17) is 10.8 Å². The molecule has 0 aliphatic heterocycles. The van der Waals surface area contributed by atoms with Crippen molar-refractivity contribution >= 4 is 5.84 Å². The molecule has 0 bridgehead atoms. The highest BCUT2D eigenvalue weighted by molar-refractivity contribution is 5.82. The Morgan fingerprint density at radius 3 is 2.50 bits per heavy atom. The van der Waals surface area contributed by atoms with E-state index in [1.165, 1.54) is 0 Å². The lowest BCUT2D eigenvalue weighted by molar-refractivity contribution is 0.475. The highest BCUT2D eigenvalue weighted by atomic mass is 16.3. The summed E-state index contributed by atoms with van der Waals surface area (Å²) < 4.78 is 0. The lowest BCUT2D eigenvalue weighted by Crippen LogP contribution is -2.14. The maximum atomic E-state index is 8.99. The Hall–Kier alpha value is -1.51.